The molecular weight excluding hydrogens is 354 g/mol. The Kier molecular flexibility index (Phi) is 7.68. The predicted octanol–water partition coefficient (Wildman–Crippen LogP) is 0.751. The Hall–Kier alpha value is -2.52. The number of pyridine rings is 1. The number of aliphatic carboxylic acids is 3. The van der Waals surface area contributed by atoms with Gasteiger partial charge in [0.05, 0.1) is 25.3 Å². The first-order valence-electron chi connectivity index (χ1n) is 8.90. The fraction of sp³-hybridized carbons (Fsp3) is 0.556. The van der Waals surface area contributed by atoms with Crippen molar-refractivity contribution >= 4 is 17.9 Å². The van der Waals surface area contributed by atoms with Gasteiger partial charge in [0.25, 0.3) is 0 Å². The number of carboxylic acid groups (broad SMARTS) is 3. The van der Waals surface area contributed by atoms with Crippen LogP contribution in [-0.2, 0) is 20.9 Å². The summed E-state index contributed by atoms with van der Waals surface area (Å²) in [6.07, 6.45) is 4.67. The standard InChI is InChI=1S/C18H25N3O6/c22-16(23)10-20(9-13-5-3-4-8-19-13)14-6-1-2-7-15(14)21(11-17(24)25)12-18(26)27/h3-5,8,14-15H,1-2,6-7,9-12H2,(H,22,23)(H,24,25)(H,26,27)/t14-,15-/m0/s1. The van der Waals surface area contributed by atoms with E-state index in [0.29, 0.717) is 25.1 Å². The van der Waals surface area contributed by atoms with Crippen molar-refractivity contribution in [2.75, 3.05) is 19.6 Å². The molecule has 1 saturated carbocycles. The van der Waals surface area contributed by atoms with Gasteiger partial charge in [-0.3, -0.25) is 29.2 Å². The van der Waals surface area contributed by atoms with Crippen LogP contribution in [0, 0.1) is 0 Å². The fourth-order valence-electron chi connectivity index (χ4n) is 3.75. The van der Waals surface area contributed by atoms with Crippen LogP contribution in [0.25, 0.3) is 0 Å². The summed E-state index contributed by atoms with van der Waals surface area (Å²) < 4.78 is 0. The van der Waals surface area contributed by atoms with Crippen LogP contribution >= 0.6 is 0 Å². The maximum absolute atomic E-state index is 11.4. The van der Waals surface area contributed by atoms with Gasteiger partial charge in [0.15, 0.2) is 0 Å². The predicted molar refractivity (Wildman–Crippen MR) is 95.2 cm³/mol. The molecule has 0 unspecified atom stereocenters. The number of hydrogen-bond donors (Lipinski definition) is 3. The average Bonchev–Trinajstić information content (AvgIpc) is 2.60. The number of carbonyl (C=O) groups is 3. The summed E-state index contributed by atoms with van der Waals surface area (Å²) >= 11 is 0. The van der Waals surface area contributed by atoms with E-state index in [1.54, 1.807) is 23.2 Å². The van der Waals surface area contributed by atoms with Crippen molar-refractivity contribution in [1.82, 2.24) is 14.8 Å². The molecule has 1 aromatic rings. The molecule has 0 amide bonds. The van der Waals surface area contributed by atoms with Crippen LogP contribution in [0.5, 0.6) is 0 Å². The van der Waals surface area contributed by atoms with Gasteiger partial charge in [-0.2, -0.15) is 0 Å². The SMILES string of the molecule is O=C(O)CN(CC(=O)O)[C@H]1CCCC[C@@H]1N(CC(=O)O)Cc1ccccn1. The molecule has 0 aliphatic heterocycles. The van der Waals surface area contributed by atoms with Gasteiger partial charge in [-0.15, -0.1) is 0 Å². The number of nitrogens with zero attached hydrogens (tertiary/aromatic N) is 3. The third-order valence-electron chi connectivity index (χ3n) is 4.74. The lowest BCUT2D eigenvalue weighted by atomic mass is 9.87. The Morgan fingerprint density at radius 3 is 1.89 bits per heavy atom. The Labute approximate surface area is 157 Å². The van der Waals surface area contributed by atoms with E-state index in [-0.39, 0.29) is 18.6 Å². The summed E-state index contributed by atoms with van der Waals surface area (Å²) in [5.74, 6) is -3.19. The van der Waals surface area contributed by atoms with E-state index in [9.17, 15) is 29.7 Å². The first kappa shape index (κ1) is 20.8. The highest BCUT2D eigenvalue weighted by atomic mass is 16.4. The highest BCUT2D eigenvalue weighted by Gasteiger charge is 2.36. The molecule has 3 N–H and O–H groups in total. The molecule has 2 rings (SSSR count). The number of hydrogen-bond acceptors (Lipinski definition) is 6. The summed E-state index contributed by atoms with van der Waals surface area (Å²) in [5, 5.41) is 27.7. The molecule has 1 aliphatic carbocycles. The van der Waals surface area contributed by atoms with Gasteiger partial charge in [0.1, 0.15) is 0 Å². The molecule has 0 saturated heterocycles. The molecular formula is C18H25N3O6. The molecule has 0 bridgehead atoms. The van der Waals surface area contributed by atoms with E-state index in [2.05, 4.69) is 4.98 Å². The monoisotopic (exact) mass is 379 g/mol. The zero-order valence-corrected chi connectivity index (χ0v) is 15.0. The van der Waals surface area contributed by atoms with Gasteiger partial charge in [-0.1, -0.05) is 18.9 Å². The Morgan fingerprint density at radius 1 is 0.889 bits per heavy atom. The average molecular weight is 379 g/mol. The number of rotatable bonds is 10. The molecule has 27 heavy (non-hydrogen) atoms. The molecule has 0 spiro atoms. The number of aromatic nitrogens is 1. The second kappa shape index (κ2) is 9.98. The third kappa shape index (κ3) is 6.61. The first-order chi connectivity index (χ1) is 12.9. The Bertz CT molecular complexity index is 638. The summed E-state index contributed by atoms with van der Waals surface area (Å²) in [4.78, 5) is 41.3. The maximum atomic E-state index is 11.4. The smallest absolute Gasteiger partial charge is 0.317 e. The molecule has 2 atom stereocenters. The highest BCUT2D eigenvalue weighted by Crippen LogP contribution is 2.28. The minimum atomic E-state index is -1.10. The van der Waals surface area contributed by atoms with Crippen LogP contribution < -0.4 is 0 Å². The fourth-order valence-corrected chi connectivity index (χ4v) is 3.75. The zero-order valence-electron chi connectivity index (χ0n) is 15.0. The van der Waals surface area contributed by atoms with Crippen molar-refractivity contribution in [3.63, 3.8) is 0 Å². The molecule has 9 heteroatoms. The van der Waals surface area contributed by atoms with Crippen LogP contribution in [0.4, 0.5) is 0 Å². The Balaban J connectivity index is 2.26. The highest BCUT2D eigenvalue weighted by molar-refractivity contribution is 5.72. The quantitative estimate of drug-likeness (QED) is 0.539. The van der Waals surface area contributed by atoms with Gasteiger partial charge in [0.2, 0.25) is 0 Å². The van der Waals surface area contributed by atoms with Crippen molar-refractivity contribution in [1.29, 1.82) is 0 Å². The summed E-state index contributed by atoms with van der Waals surface area (Å²) in [6.45, 7) is -0.691. The van der Waals surface area contributed by atoms with Gasteiger partial charge in [0, 0.05) is 24.8 Å². The Morgan fingerprint density at radius 2 is 1.41 bits per heavy atom. The summed E-state index contributed by atoms with van der Waals surface area (Å²) in [7, 11) is 0. The van der Waals surface area contributed by atoms with Crippen LogP contribution in [0.2, 0.25) is 0 Å². The molecule has 148 valence electrons. The second-order valence-electron chi connectivity index (χ2n) is 6.73. The van der Waals surface area contributed by atoms with Gasteiger partial charge < -0.3 is 15.3 Å². The molecule has 0 radical (unpaired) electrons. The van der Waals surface area contributed by atoms with E-state index in [1.807, 2.05) is 6.07 Å². The van der Waals surface area contributed by atoms with Crippen LogP contribution in [0.3, 0.4) is 0 Å². The van der Waals surface area contributed by atoms with Crippen LogP contribution in [0.1, 0.15) is 31.4 Å². The van der Waals surface area contributed by atoms with Crippen LogP contribution in [-0.4, -0.2) is 79.7 Å². The normalized spacial score (nSPS) is 19.9. The van der Waals surface area contributed by atoms with Crippen molar-refractivity contribution in [2.45, 2.75) is 44.3 Å². The van der Waals surface area contributed by atoms with Crippen molar-refractivity contribution in [3.8, 4) is 0 Å². The zero-order chi connectivity index (χ0) is 19.8. The van der Waals surface area contributed by atoms with E-state index >= 15 is 0 Å². The lowest BCUT2D eigenvalue weighted by molar-refractivity contribution is -0.146. The van der Waals surface area contributed by atoms with Crippen molar-refractivity contribution < 1.29 is 29.7 Å². The third-order valence-corrected chi connectivity index (χ3v) is 4.74. The molecule has 0 aromatic carbocycles. The van der Waals surface area contributed by atoms with Crippen LogP contribution in [0.15, 0.2) is 24.4 Å². The van der Waals surface area contributed by atoms with E-state index < -0.39 is 31.0 Å². The second-order valence-corrected chi connectivity index (χ2v) is 6.73. The maximum Gasteiger partial charge on any atom is 0.317 e. The molecule has 1 fully saturated rings. The minimum absolute atomic E-state index is 0.217. The van der Waals surface area contributed by atoms with Gasteiger partial charge >= 0.3 is 17.9 Å². The molecule has 1 aromatic heterocycles. The largest absolute Gasteiger partial charge is 0.480 e. The summed E-state index contributed by atoms with van der Waals surface area (Å²) in [6, 6.07) is 4.81. The van der Waals surface area contributed by atoms with Crippen molar-refractivity contribution in [3.05, 3.63) is 30.1 Å². The lowest BCUT2D eigenvalue weighted by Crippen LogP contribution is -2.56. The summed E-state index contributed by atoms with van der Waals surface area (Å²) in [5.41, 5.74) is 0.714. The van der Waals surface area contributed by atoms with E-state index in [0.717, 1.165) is 12.8 Å². The van der Waals surface area contributed by atoms with Gasteiger partial charge in [-0.25, -0.2) is 0 Å². The molecule has 1 aliphatic rings. The van der Waals surface area contributed by atoms with E-state index in [4.69, 9.17) is 0 Å². The topological polar surface area (TPSA) is 131 Å². The molecule has 9 nitrogen and oxygen atoms in total. The number of carboxylic acids is 3. The first-order valence-corrected chi connectivity index (χ1v) is 8.90. The minimum Gasteiger partial charge on any atom is -0.480 e. The lowest BCUT2D eigenvalue weighted by Gasteiger charge is -2.43. The van der Waals surface area contributed by atoms with Gasteiger partial charge in [-0.05, 0) is 25.0 Å². The van der Waals surface area contributed by atoms with Crippen molar-refractivity contribution in [2.24, 2.45) is 0 Å². The molecule has 1 heterocycles. The van der Waals surface area contributed by atoms with E-state index in [1.165, 1.54) is 4.90 Å².